The number of likely N-dealkylation sites (N-methyl/N-ethyl adjacent to an activating group) is 1. The van der Waals surface area contributed by atoms with Crippen molar-refractivity contribution in [2.45, 2.75) is 45.7 Å². The van der Waals surface area contributed by atoms with Crippen molar-refractivity contribution in [1.29, 1.82) is 0 Å². The highest BCUT2D eigenvalue weighted by Gasteiger charge is 2.14. The van der Waals surface area contributed by atoms with Gasteiger partial charge < -0.3 is 9.88 Å². The van der Waals surface area contributed by atoms with E-state index in [2.05, 4.69) is 41.0 Å². The Labute approximate surface area is 132 Å². The minimum Gasteiger partial charge on any atom is -0.335 e. The molecule has 2 aromatic rings. The third kappa shape index (κ3) is 4.58. The Morgan fingerprint density at radius 3 is 2.76 bits per heavy atom. The highest BCUT2D eigenvalue weighted by molar-refractivity contribution is 6.31. The molecule has 1 unspecified atom stereocenters. The monoisotopic (exact) mass is 305 g/mol. The smallest absolute Gasteiger partial charge is 0.110 e. The topological polar surface area (TPSA) is 29.9 Å². The SMILES string of the molecule is CCCn1ccnc1CC(Cc1ccccc1Cl)NCC. The molecule has 1 aromatic carbocycles. The molecule has 0 fully saturated rings. The lowest BCUT2D eigenvalue weighted by molar-refractivity contribution is 0.495. The number of hydrogen-bond acceptors (Lipinski definition) is 2. The maximum Gasteiger partial charge on any atom is 0.110 e. The van der Waals surface area contributed by atoms with Gasteiger partial charge in [0.25, 0.3) is 0 Å². The van der Waals surface area contributed by atoms with Gasteiger partial charge in [-0.3, -0.25) is 0 Å². The number of aromatic nitrogens is 2. The van der Waals surface area contributed by atoms with Crippen molar-refractivity contribution in [3.63, 3.8) is 0 Å². The first-order valence-corrected chi connectivity index (χ1v) is 8.09. The quantitative estimate of drug-likeness (QED) is 0.806. The summed E-state index contributed by atoms with van der Waals surface area (Å²) in [6.07, 6.45) is 6.93. The number of halogens is 1. The van der Waals surface area contributed by atoms with Gasteiger partial charge in [0.05, 0.1) is 0 Å². The molecule has 0 aliphatic heterocycles. The van der Waals surface area contributed by atoms with Crippen molar-refractivity contribution in [1.82, 2.24) is 14.9 Å². The fraction of sp³-hybridized carbons (Fsp3) is 0.471. The molecular weight excluding hydrogens is 282 g/mol. The minimum atomic E-state index is 0.355. The Kier molecular flexibility index (Phi) is 6.27. The maximum absolute atomic E-state index is 6.28. The summed E-state index contributed by atoms with van der Waals surface area (Å²) in [6, 6.07) is 8.43. The molecule has 4 heteroatoms. The number of hydrogen-bond donors (Lipinski definition) is 1. The van der Waals surface area contributed by atoms with E-state index in [9.17, 15) is 0 Å². The lowest BCUT2D eigenvalue weighted by Gasteiger charge is -2.19. The summed E-state index contributed by atoms with van der Waals surface area (Å²) in [5.41, 5.74) is 1.19. The largest absolute Gasteiger partial charge is 0.335 e. The third-order valence-electron chi connectivity index (χ3n) is 3.61. The lowest BCUT2D eigenvalue weighted by atomic mass is 10.0. The van der Waals surface area contributed by atoms with E-state index in [1.54, 1.807) is 0 Å². The van der Waals surface area contributed by atoms with Crippen LogP contribution in [-0.4, -0.2) is 22.1 Å². The van der Waals surface area contributed by atoms with Crippen molar-refractivity contribution in [3.05, 3.63) is 53.1 Å². The van der Waals surface area contributed by atoms with Crippen molar-refractivity contribution in [2.24, 2.45) is 0 Å². The van der Waals surface area contributed by atoms with Crippen LogP contribution < -0.4 is 5.32 Å². The fourth-order valence-electron chi connectivity index (χ4n) is 2.63. The van der Waals surface area contributed by atoms with Crippen molar-refractivity contribution in [2.75, 3.05) is 6.54 Å². The Hall–Kier alpha value is -1.32. The molecule has 3 nitrogen and oxygen atoms in total. The predicted molar refractivity (Wildman–Crippen MR) is 88.8 cm³/mol. The van der Waals surface area contributed by atoms with Crippen LogP contribution in [0.5, 0.6) is 0 Å². The summed E-state index contributed by atoms with van der Waals surface area (Å²) in [5, 5.41) is 4.40. The molecule has 114 valence electrons. The second-order valence-electron chi connectivity index (χ2n) is 5.29. The summed E-state index contributed by atoms with van der Waals surface area (Å²) in [7, 11) is 0. The number of aryl methyl sites for hydroxylation is 1. The van der Waals surface area contributed by atoms with Gasteiger partial charge in [-0.1, -0.05) is 43.6 Å². The zero-order chi connectivity index (χ0) is 15.1. The third-order valence-corrected chi connectivity index (χ3v) is 3.98. The first-order chi connectivity index (χ1) is 10.2. The van der Waals surface area contributed by atoms with Crippen LogP contribution in [0, 0.1) is 0 Å². The molecule has 0 radical (unpaired) electrons. The van der Waals surface area contributed by atoms with Crippen LogP contribution in [0.1, 0.15) is 31.7 Å². The van der Waals surface area contributed by atoms with Crippen LogP contribution in [0.25, 0.3) is 0 Å². The van der Waals surface area contributed by atoms with Gasteiger partial charge >= 0.3 is 0 Å². The molecule has 0 bridgehead atoms. The zero-order valence-corrected chi connectivity index (χ0v) is 13.6. The highest BCUT2D eigenvalue weighted by atomic mass is 35.5. The lowest BCUT2D eigenvalue weighted by Crippen LogP contribution is -2.34. The molecule has 1 heterocycles. The summed E-state index contributed by atoms with van der Waals surface area (Å²) in [5.74, 6) is 1.15. The molecule has 2 rings (SSSR count). The number of benzene rings is 1. The van der Waals surface area contributed by atoms with Gasteiger partial charge in [0.15, 0.2) is 0 Å². The van der Waals surface area contributed by atoms with E-state index in [1.807, 2.05) is 24.4 Å². The summed E-state index contributed by atoms with van der Waals surface area (Å²) in [4.78, 5) is 4.51. The minimum absolute atomic E-state index is 0.355. The van der Waals surface area contributed by atoms with E-state index in [0.29, 0.717) is 6.04 Å². The summed E-state index contributed by atoms with van der Waals surface area (Å²) < 4.78 is 2.25. The number of imidazole rings is 1. The average Bonchev–Trinajstić information content (AvgIpc) is 2.89. The standard InChI is InChI=1S/C17H24ClN3/c1-3-10-21-11-9-20-17(21)13-15(19-4-2)12-14-7-5-6-8-16(14)18/h5-9,11,15,19H,3-4,10,12-13H2,1-2H3. The normalized spacial score (nSPS) is 12.5. The van der Waals surface area contributed by atoms with E-state index in [4.69, 9.17) is 11.6 Å². The first-order valence-electron chi connectivity index (χ1n) is 7.71. The number of rotatable bonds is 8. The Balaban J connectivity index is 2.08. The van der Waals surface area contributed by atoms with Crippen molar-refractivity contribution < 1.29 is 0 Å². The van der Waals surface area contributed by atoms with Gasteiger partial charge in [0.1, 0.15) is 5.82 Å². The highest BCUT2D eigenvalue weighted by Crippen LogP contribution is 2.18. The van der Waals surface area contributed by atoms with Gasteiger partial charge in [-0.15, -0.1) is 0 Å². The zero-order valence-electron chi connectivity index (χ0n) is 12.8. The first kappa shape index (κ1) is 16.1. The van der Waals surface area contributed by atoms with Crippen LogP contribution in [0.3, 0.4) is 0 Å². The van der Waals surface area contributed by atoms with Gasteiger partial charge in [0, 0.05) is 36.4 Å². The molecule has 0 saturated heterocycles. The number of nitrogens with one attached hydrogen (secondary N) is 1. The van der Waals surface area contributed by atoms with Gasteiger partial charge in [-0.25, -0.2) is 4.98 Å². The summed E-state index contributed by atoms with van der Waals surface area (Å²) in [6.45, 7) is 6.30. The molecule has 0 saturated carbocycles. The molecule has 0 amide bonds. The van der Waals surface area contributed by atoms with Crippen molar-refractivity contribution >= 4 is 11.6 Å². The Morgan fingerprint density at radius 1 is 1.24 bits per heavy atom. The van der Waals surface area contributed by atoms with E-state index in [-0.39, 0.29) is 0 Å². The van der Waals surface area contributed by atoms with Crippen LogP contribution >= 0.6 is 11.6 Å². The predicted octanol–water partition coefficient (Wildman–Crippen LogP) is 3.71. The molecule has 21 heavy (non-hydrogen) atoms. The van der Waals surface area contributed by atoms with E-state index in [1.165, 1.54) is 5.56 Å². The second-order valence-corrected chi connectivity index (χ2v) is 5.70. The molecule has 0 aliphatic rings. The van der Waals surface area contributed by atoms with E-state index in [0.717, 1.165) is 43.2 Å². The average molecular weight is 306 g/mol. The van der Waals surface area contributed by atoms with E-state index >= 15 is 0 Å². The molecule has 1 atom stereocenters. The van der Waals surface area contributed by atoms with Crippen LogP contribution in [0.4, 0.5) is 0 Å². The molecule has 0 spiro atoms. The number of nitrogens with zero attached hydrogens (tertiary/aromatic N) is 2. The maximum atomic E-state index is 6.28. The van der Waals surface area contributed by atoms with Crippen LogP contribution in [0.15, 0.2) is 36.7 Å². The second kappa shape index (κ2) is 8.20. The molecular formula is C17H24ClN3. The van der Waals surface area contributed by atoms with Gasteiger partial charge in [-0.2, -0.15) is 0 Å². The van der Waals surface area contributed by atoms with Crippen LogP contribution in [0.2, 0.25) is 5.02 Å². The van der Waals surface area contributed by atoms with Crippen molar-refractivity contribution in [3.8, 4) is 0 Å². The fourth-order valence-corrected chi connectivity index (χ4v) is 2.84. The Bertz CT molecular complexity index is 550. The Morgan fingerprint density at radius 2 is 2.05 bits per heavy atom. The summed E-state index contributed by atoms with van der Waals surface area (Å²) >= 11 is 6.28. The molecule has 1 aromatic heterocycles. The molecule has 0 aliphatic carbocycles. The van der Waals surface area contributed by atoms with E-state index < -0.39 is 0 Å². The van der Waals surface area contributed by atoms with Crippen LogP contribution in [-0.2, 0) is 19.4 Å². The van der Waals surface area contributed by atoms with Gasteiger partial charge in [-0.05, 0) is 31.0 Å². The van der Waals surface area contributed by atoms with Gasteiger partial charge in [0.2, 0.25) is 0 Å². The molecule has 1 N–H and O–H groups in total.